The number of rotatable bonds is 3. The smallest absolute Gasteiger partial charge is 0.324 e. The van der Waals surface area contributed by atoms with Crippen LogP contribution in [0.5, 0.6) is 5.75 Å². The Morgan fingerprint density at radius 3 is 2.52 bits per heavy atom. The molecule has 3 amide bonds. The van der Waals surface area contributed by atoms with Gasteiger partial charge in [0, 0.05) is 25.6 Å². The molecule has 0 unspecified atom stereocenters. The van der Waals surface area contributed by atoms with Gasteiger partial charge in [0.15, 0.2) is 0 Å². The van der Waals surface area contributed by atoms with Crippen LogP contribution in [0.1, 0.15) is 24.0 Å². The van der Waals surface area contributed by atoms with Crippen LogP contribution in [0.15, 0.2) is 48.5 Å². The first-order valence-electron chi connectivity index (χ1n) is 10.2. The normalized spacial score (nSPS) is 16.7. The molecule has 6 nitrogen and oxygen atoms in total. The maximum absolute atomic E-state index is 13.0. The summed E-state index contributed by atoms with van der Waals surface area (Å²) in [6.07, 6.45) is 1.38. The van der Waals surface area contributed by atoms with E-state index in [0.717, 1.165) is 17.0 Å². The standard InChI is InChI=1S/C23H27N3O3/c1-17-6-8-18(9-7-17)16-24-22(27)19-10-12-25(13-11-19)23(28)26-14-15-29-21-5-3-2-4-20(21)26/h2-9,19H,10-16H2,1H3,(H,24,27). The van der Waals surface area contributed by atoms with Crippen LogP contribution in [0.3, 0.4) is 0 Å². The van der Waals surface area contributed by atoms with E-state index in [-0.39, 0.29) is 17.9 Å². The summed E-state index contributed by atoms with van der Waals surface area (Å²) in [5, 5.41) is 3.04. The van der Waals surface area contributed by atoms with Gasteiger partial charge in [-0.3, -0.25) is 9.69 Å². The summed E-state index contributed by atoms with van der Waals surface area (Å²) in [5.74, 6) is 0.785. The topological polar surface area (TPSA) is 61.9 Å². The molecule has 1 saturated heterocycles. The second-order valence-corrected chi connectivity index (χ2v) is 7.72. The minimum atomic E-state index is -0.0403. The van der Waals surface area contributed by atoms with Gasteiger partial charge in [0.25, 0.3) is 0 Å². The molecule has 2 heterocycles. The number of para-hydroxylation sites is 2. The van der Waals surface area contributed by atoms with Crippen LogP contribution in [0.25, 0.3) is 0 Å². The van der Waals surface area contributed by atoms with Crippen molar-refractivity contribution in [1.29, 1.82) is 0 Å². The molecule has 0 bridgehead atoms. The fraction of sp³-hybridized carbons (Fsp3) is 0.391. The van der Waals surface area contributed by atoms with Gasteiger partial charge in [-0.05, 0) is 37.5 Å². The second-order valence-electron chi connectivity index (χ2n) is 7.72. The van der Waals surface area contributed by atoms with Gasteiger partial charge in [-0.2, -0.15) is 0 Å². The average Bonchev–Trinajstić information content (AvgIpc) is 2.78. The van der Waals surface area contributed by atoms with Crippen molar-refractivity contribution in [1.82, 2.24) is 10.2 Å². The highest BCUT2D eigenvalue weighted by Gasteiger charge is 2.32. The molecular formula is C23H27N3O3. The summed E-state index contributed by atoms with van der Waals surface area (Å²) in [7, 11) is 0. The Labute approximate surface area is 171 Å². The summed E-state index contributed by atoms with van der Waals surface area (Å²) in [6, 6.07) is 15.8. The van der Waals surface area contributed by atoms with Gasteiger partial charge in [0.05, 0.1) is 12.2 Å². The Balaban J connectivity index is 1.29. The van der Waals surface area contributed by atoms with E-state index in [4.69, 9.17) is 4.74 Å². The summed E-state index contributed by atoms with van der Waals surface area (Å²) >= 11 is 0. The highest BCUT2D eigenvalue weighted by Crippen LogP contribution is 2.32. The quantitative estimate of drug-likeness (QED) is 0.870. The number of benzene rings is 2. The zero-order valence-electron chi connectivity index (χ0n) is 16.8. The number of nitrogens with zero attached hydrogens (tertiary/aromatic N) is 2. The van der Waals surface area contributed by atoms with E-state index in [2.05, 4.69) is 17.4 Å². The number of anilines is 1. The number of aryl methyl sites for hydroxylation is 1. The molecule has 1 N–H and O–H groups in total. The van der Waals surface area contributed by atoms with Crippen molar-refractivity contribution < 1.29 is 14.3 Å². The van der Waals surface area contributed by atoms with Crippen LogP contribution in [0.4, 0.5) is 10.5 Å². The van der Waals surface area contributed by atoms with Gasteiger partial charge in [-0.25, -0.2) is 4.79 Å². The molecule has 2 aromatic carbocycles. The summed E-state index contributed by atoms with van der Waals surface area (Å²) in [5.41, 5.74) is 3.13. The number of amides is 3. The zero-order valence-corrected chi connectivity index (χ0v) is 16.8. The van der Waals surface area contributed by atoms with Gasteiger partial charge in [0.1, 0.15) is 12.4 Å². The predicted molar refractivity (Wildman–Crippen MR) is 112 cm³/mol. The number of likely N-dealkylation sites (tertiary alicyclic amines) is 1. The van der Waals surface area contributed by atoms with Crippen molar-refractivity contribution in [3.8, 4) is 5.75 Å². The molecular weight excluding hydrogens is 366 g/mol. The molecule has 0 spiro atoms. The number of piperidine rings is 1. The molecule has 0 aliphatic carbocycles. The van der Waals surface area contributed by atoms with E-state index in [0.29, 0.717) is 45.6 Å². The molecule has 29 heavy (non-hydrogen) atoms. The SMILES string of the molecule is Cc1ccc(CNC(=O)C2CCN(C(=O)N3CCOc4ccccc43)CC2)cc1. The van der Waals surface area contributed by atoms with E-state index in [1.54, 1.807) is 4.90 Å². The van der Waals surface area contributed by atoms with E-state index in [1.165, 1.54) is 5.56 Å². The molecule has 0 atom stereocenters. The third-order valence-corrected chi connectivity index (χ3v) is 5.68. The number of nitrogens with one attached hydrogen (secondary N) is 1. The Kier molecular flexibility index (Phi) is 5.69. The van der Waals surface area contributed by atoms with Crippen LogP contribution < -0.4 is 15.0 Å². The van der Waals surface area contributed by atoms with Gasteiger partial charge in [-0.15, -0.1) is 0 Å². The summed E-state index contributed by atoms with van der Waals surface area (Å²) < 4.78 is 5.64. The first kappa shape index (κ1) is 19.3. The largest absolute Gasteiger partial charge is 0.490 e. The van der Waals surface area contributed by atoms with Crippen LogP contribution >= 0.6 is 0 Å². The highest BCUT2D eigenvalue weighted by atomic mass is 16.5. The van der Waals surface area contributed by atoms with Gasteiger partial charge in [0.2, 0.25) is 5.91 Å². The van der Waals surface area contributed by atoms with Crippen LogP contribution in [0, 0.1) is 12.8 Å². The number of hydrogen-bond acceptors (Lipinski definition) is 3. The van der Waals surface area contributed by atoms with Gasteiger partial charge >= 0.3 is 6.03 Å². The number of urea groups is 1. The molecule has 2 aliphatic rings. The van der Waals surface area contributed by atoms with Crippen LogP contribution in [-0.2, 0) is 11.3 Å². The summed E-state index contributed by atoms with van der Waals surface area (Å²) in [6.45, 7) is 4.84. The number of hydrogen-bond donors (Lipinski definition) is 1. The Morgan fingerprint density at radius 1 is 1.03 bits per heavy atom. The molecule has 152 valence electrons. The van der Waals surface area contributed by atoms with Crippen molar-refractivity contribution in [2.75, 3.05) is 31.1 Å². The monoisotopic (exact) mass is 393 g/mol. The predicted octanol–water partition coefficient (Wildman–Crippen LogP) is 3.34. The first-order valence-corrected chi connectivity index (χ1v) is 10.2. The number of carbonyl (C=O) groups is 2. The van der Waals surface area contributed by atoms with Crippen molar-refractivity contribution in [3.63, 3.8) is 0 Å². The minimum Gasteiger partial charge on any atom is -0.490 e. The molecule has 4 rings (SSSR count). The number of ether oxygens (including phenoxy) is 1. The second kappa shape index (κ2) is 8.55. The number of fused-ring (bicyclic) bond motifs is 1. The minimum absolute atomic E-state index is 0.000682. The molecule has 2 aromatic rings. The van der Waals surface area contributed by atoms with Gasteiger partial charge < -0.3 is 15.0 Å². The van der Waals surface area contributed by atoms with E-state index < -0.39 is 0 Å². The average molecular weight is 393 g/mol. The maximum Gasteiger partial charge on any atom is 0.324 e. The summed E-state index contributed by atoms with van der Waals surface area (Å²) in [4.78, 5) is 29.2. The lowest BCUT2D eigenvalue weighted by Gasteiger charge is -2.37. The van der Waals surface area contributed by atoms with Crippen molar-refractivity contribution in [2.45, 2.75) is 26.3 Å². The molecule has 0 aromatic heterocycles. The van der Waals surface area contributed by atoms with Crippen molar-refractivity contribution in [2.24, 2.45) is 5.92 Å². The molecule has 6 heteroatoms. The molecule has 0 saturated carbocycles. The third kappa shape index (κ3) is 4.36. The van der Waals surface area contributed by atoms with E-state index in [9.17, 15) is 9.59 Å². The Hall–Kier alpha value is -3.02. The zero-order chi connectivity index (χ0) is 20.2. The molecule has 0 radical (unpaired) electrons. The third-order valence-electron chi connectivity index (χ3n) is 5.68. The highest BCUT2D eigenvalue weighted by molar-refractivity contribution is 5.94. The molecule has 2 aliphatic heterocycles. The lowest BCUT2D eigenvalue weighted by molar-refractivity contribution is -0.126. The van der Waals surface area contributed by atoms with Crippen molar-refractivity contribution in [3.05, 3.63) is 59.7 Å². The lowest BCUT2D eigenvalue weighted by atomic mass is 9.96. The fourth-order valence-corrected chi connectivity index (χ4v) is 3.91. The number of carbonyl (C=O) groups excluding carboxylic acids is 2. The maximum atomic E-state index is 13.0. The lowest BCUT2D eigenvalue weighted by Crippen LogP contribution is -2.50. The van der Waals surface area contributed by atoms with Crippen molar-refractivity contribution >= 4 is 17.6 Å². The van der Waals surface area contributed by atoms with Crippen LogP contribution in [-0.4, -0.2) is 43.1 Å². The molecule has 1 fully saturated rings. The first-order chi connectivity index (χ1) is 14.1. The van der Waals surface area contributed by atoms with E-state index >= 15 is 0 Å². The van der Waals surface area contributed by atoms with Crippen LogP contribution in [0.2, 0.25) is 0 Å². The Morgan fingerprint density at radius 2 is 1.76 bits per heavy atom. The van der Waals surface area contributed by atoms with Gasteiger partial charge in [-0.1, -0.05) is 42.0 Å². The van der Waals surface area contributed by atoms with E-state index in [1.807, 2.05) is 48.2 Å². The fourth-order valence-electron chi connectivity index (χ4n) is 3.91. The Bertz CT molecular complexity index is 873.